The standard InChI is InChI=1S/C27H34ClF2N3O4S/c1-19(27(35)31-22-7-4-3-5-8-22)32(18-20-10-12-21(28)13-11-20)26(34)9-6-16-33(38(2,36)37)23-14-15-24(29)25(30)17-23/h10-15,17,19,22H,3-9,16,18H2,1-2H3,(H,31,35)/t19-/m0/s1. The average Bonchev–Trinajstić information content (AvgIpc) is 2.87. The number of halogens is 3. The summed E-state index contributed by atoms with van der Waals surface area (Å²) in [5.41, 5.74) is 0.761. The van der Waals surface area contributed by atoms with E-state index in [-0.39, 0.29) is 49.5 Å². The molecule has 0 bridgehead atoms. The molecule has 0 heterocycles. The van der Waals surface area contributed by atoms with Gasteiger partial charge in [0, 0.05) is 36.6 Å². The van der Waals surface area contributed by atoms with Crippen molar-refractivity contribution in [3.63, 3.8) is 0 Å². The maximum absolute atomic E-state index is 13.7. The number of carbonyl (C=O) groups excluding carboxylic acids is 2. The van der Waals surface area contributed by atoms with Crippen molar-refractivity contribution in [2.24, 2.45) is 0 Å². The van der Waals surface area contributed by atoms with Crippen LogP contribution < -0.4 is 9.62 Å². The monoisotopic (exact) mass is 569 g/mol. The third-order valence-corrected chi connectivity index (χ3v) is 8.17. The molecule has 1 N–H and O–H groups in total. The second-order valence-corrected chi connectivity index (χ2v) is 12.0. The Balaban J connectivity index is 1.72. The fourth-order valence-electron chi connectivity index (χ4n) is 4.58. The summed E-state index contributed by atoms with van der Waals surface area (Å²) in [5, 5.41) is 3.62. The van der Waals surface area contributed by atoms with Crippen molar-refractivity contribution in [3.05, 3.63) is 64.7 Å². The van der Waals surface area contributed by atoms with E-state index in [9.17, 15) is 26.8 Å². The molecule has 1 saturated carbocycles. The van der Waals surface area contributed by atoms with Crippen LogP contribution in [0.2, 0.25) is 5.02 Å². The van der Waals surface area contributed by atoms with E-state index in [0.29, 0.717) is 5.02 Å². The first kappa shape index (κ1) is 29.8. The number of sulfonamides is 1. The highest BCUT2D eigenvalue weighted by Crippen LogP contribution is 2.22. The lowest BCUT2D eigenvalue weighted by atomic mass is 9.95. The number of amides is 2. The van der Waals surface area contributed by atoms with E-state index in [2.05, 4.69) is 5.32 Å². The maximum atomic E-state index is 13.7. The van der Waals surface area contributed by atoms with Crippen LogP contribution in [0.25, 0.3) is 0 Å². The third kappa shape index (κ3) is 8.39. The maximum Gasteiger partial charge on any atom is 0.242 e. The number of hydrogen-bond acceptors (Lipinski definition) is 4. The Bertz CT molecular complexity index is 1220. The summed E-state index contributed by atoms with van der Waals surface area (Å²) in [7, 11) is -3.82. The van der Waals surface area contributed by atoms with E-state index >= 15 is 0 Å². The van der Waals surface area contributed by atoms with Gasteiger partial charge in [-0.3, -0.25) is 13.9 Å². The van der Waals surface area contributed by atoms with E-state index < -0.39 is 27.7 Å². The first-order valence-electron chi connectivity index (χ1n) is 12.7. The molecule has 0 aliphatic heterocycles. The predicted molar refractivity (Wildman–Crippen MR) is 144 cm³/mol. The Morgan fingerprint density at radius 3 is 2.32 bits per heavy atom. The minimum absolute atomic E-state index is 0.0305. The van der Waals surface area contributed by atoms with Gasteiger partial charge in [0.05, 0.1) is 11.9 Å². The number of hydrogen-bond donors (Lipinski definition) is 1. The van der Waals surface area contributed by atoms with Gasteiger partial charge in [0.25, 0.3) is 0 Å². The van der Waals surface area contributed by atoms with Crippen LogP contribution >= 0.6 is 11.6 Å². The number of carbonyl (C=O) groups is 2. The van der Waals surface area contributed by atoms with Gasteiger partial charge < -0.3 is 10.2 Å². The zero-order valence-electron chi connectivity index (χ0n) is 21.6. The van der Waals surface area contributed by atoms with Crippen LogP contribution in [0.15, 0.2) is 42.5 Å². The van der Waals surface area contributed by atoms with E-state index in [1.165, 1.54) is 11.0 Å². The molecule has 208 valence electrons. The molecular formula is C27H34ClF2N3O4S. The van der Waals surface area contributed by atoms with Crippen LogP contribution in [0.4, 0.5) is 14.5 Å². The van der Waals surface area contributed by atoms with Crippen LogP contribution in [-0.2, 0) is 26.2 Å². The average molecular weight is 570 g/mol. The highest BCUT2D eigenvalue weighted by molar-refractivity contribution is 7.92. The summed E-state index contributed by atoms with van der Waals surface area (Å²) in [6.07, 6.45) is 6.11. The van der Waals surface area contributed by atoms with Gasteiger partial charge in [0.1, 0.15) is 6.04 Å². The van der Waals surface area contributed by atoms with E-state index in [1.807, 2.05) is 0 Å². The summed E-state index contributed by atoms with van der Waals surface area (Å²) in [6, 6.07) is 9.15. The van der Waals surface area contributed by atoms with Crippen molar-refractivity contribution < 1.29 is 26.8 Å². The largest absolute Gasteiger partial charge is 0.352 e. The number of anilines is 1. The molecular weight excluding hydrogens is 536 g/mol. The number of benzene rings is 2. The number of nitrogens with zero attached hydrogens (tertiary/aromatic N) is 2. The van der Waals surface area contributed by atoms with Crippen molar-refractivity contribution in [2.75, 3.05) is 17.1 Å². The zero-order chi connectivity index (χ0) is 27.9. The number of nitrogens with one attached hydrogen (secondary N) is 1. The Labute approximate surface area is 228 Å². The van der Waals surface area contributed by atoms with Gasteiger partial charge in [0.15, 0.2) is 11.6 Å². The first-order chi connectivity index (χ1) is 18.0. The van der Waals surface area contributed by atoms with Gasteiger partial charge >= 0.3 is 0 Å². The van der Waals surface area contributed by atoms with Crippen molar-refractivity contribution in [1.82, 2.24) is 10.2 Å². The molecule has 0 unspecified atom stereocenters. The fourth-order valence-corrected chi connectivity index (χ4v) is 5.67. The summed E-state index contributed by atoms with van der Waals surface area (Å²) in [5.74, 6) is -2.82. The van der Waals surface area contributed by atoms with Gasteiger partial charge in [-0.15, -0.1) is 0 Å². The van der Waals surface area contributed by atoms with Crippen molar-refractivity contribution in [2.45, 2.75) is 70.5 Å². The van der Waals surface area contributed by atoms with Crippen molar-refractivity contribution in [1.29, 1.82) is 0 Å². The SMILES string of the molecule is C[C@@H](C(=O)NC1CCCCC1)N(Cc1ccc(Cl)cc1)C(=O)CCCN(c1ccc(F)c(F)c1)S(C)(=O)=O. The lowest BCUT2D eigenvalue weighted by Gasteiger charge is -2.31. The molecule has 1 aliphatic rings. The van der Waals surface area contributed by atoms with Gasteiger partial charge in [0.2, 0.25) is 21.8 Å². The highest BCUT2D eigenvalue weighted by atomic mass is 35.5. The number of rotatable bonds is 11. The summed E-state index contributed by atoms with van der Waals surface area (Å²) >= 11 is 5.99. The third-order valence-electron chi connectivity index (χ3n) is 6.73. The van der Waals surface area contributed by atoms with Crippen LogP contribution in [0.3, 0.4) is 0 Å². The second kappa shape index (κ2) is 13.4. The van der Waals surface area contributed by atoms with Crippen molar-refractivity contribution >= 4 is 39.1 Å². The van der Waals surface area contributed by atoms with Gasteiger partial charge in [-0.1, -0.05) is 43.0 Å². The molecule has 1 fully saturated rings. The minimum Gasteiger partial charge on any atom is -0.352 e. The molecule has 7 nitrogen and oxygen atoms in total. The molecule has 0 radical (unpaired) electrons. The molecule has 0 saturated heterocycles. The molecule has 1 atom stereocenters. The first-order valence-corrected chi connectivity index (χ1v) is 15.0. The Morgan fingerprint density at radius 2 is 1.71 bits per heavy atom. The Morgan fingerprint density at radius 1 is 1.05 bits per heavy atom. The zero-order valence-corrected chi connectivity index (χ0v) is 23.2. The second-order valence-electron chi connectivity index (χ2n) is 9.70. The molecule has 3 rings (SSSR count). The minimum atomic E-state index is -3.82. The molecule has 38 heavy (non-hydrogen) atoms. The van der Waals surface area contributed by atoms with E-state index in [0.717, 1.165) is 60.4 Å². The van der Waals surface area contributed by atoms with Crippen LogP contribution in [0.5, 0.6) is 0 Å². The molecule has 2 amide bonds. The van der Waals surface area contributed by atoms with E-state index in [1.54, 1.807) is 31.2 Å². The molecule has 11 heteroatoms. The molecule has 2 aromatic carbocycles. The normalized spacial score (nSPS) is 15.1. The van der Waals surface area contributed by atoms with Crippen LogP contribution in [0.1, 0.15) is 57.4 Å². The smallest absolute Gasteiger partial charge is 0.242 e. The molecule has 0 aromatic heterocycles. The Hall–Kier alpha value is -2.72. The molecule has 2 aromatic rings. The topological polar surface area (TPSA) is 86.8 Å². The van der Waals surface area contributed by atoms with E-state index in [4.69, 9.17) is 11.6 Å². The van der Waals surface area contributed by atoms with Crippen LogP contribution in [0, 0.1) is 11.6 Å². The lowest BCUT2D eigenvalue weighted by Crippen LogP contribution is -2.50. The molecule has 1 aliphatic carbocycles. The fraction of sp³-hybridized carbons (Fsp3) is 0.481. The Kier molecular flexibility index (Phi) is 10.5. The lowest BCUT2D eigenvalue weighted by molar-refractivity contribution is -0.141. The van der Waals surface area contributed by atoms with Gasteiger partial charge in [-0.05, 0) is 56.0 Å². The quantitative estimate of drug-likeness (QED) is 0.411. The highest BCUT2D eigenvalue weighted by Gasteiger charge is 2.28. The van der Waals surface area contributed by atoms with Crippen LogP contribution in [-0.4, -0.2) is 50.0 Å². The van der Waals surface area contributed by atoms with Crippen molar-refractivity contribution in [3.8, 4) is 0 Å². The summed E-state index contributed by atoms with van der Waals surface area (Å²) < 4.78 is 52.7. The predicted octanol–water partition coefficient (Wildman–Crippen LogP) is 5.03. The summed E-state index contributed by atoms with van der Waals surface area (Å²) in [6.45, 7) is 1.73. The van der Waals surface area contributed by atoms with Gasteiger partial charge in [-0.25, -0.2) is 17.2 Å². The van der Waals surface area contributed by atoms with Gasteiger partial charge in [-0.2, -0.15) is 0 Å². The summed E-state index contributed by atoms with van der Waals surface area (Å²) in [4.78, 5) is 27.9. The molecule has 0 spiro atoms.